The van der Waals surface area contributed by atoms with Gasteiger partial charge in [0.1, 0.15) is 6.42 Å². The highest BCUT2D eigenvalue weighted by Crippen LogP contribution is 2.39. The van der Waals surface area contributed by atoms with E-state index in [4.69, 9.17) is 0 Å². The monoisotopic (exact) mass is 292 g/mol. The van der Waals surface area contributed by atoms with Crippen molar-refractivity contribution in [2.24, 2.45) is 11.8 Å². The van der Waals surface area contributed by atoms with Gasteiger partial charge in [-0.2, -0.15) is 0 Å². The third-order valence-corrected chi connectivity index (χ3v) is 5.47. The average Bonchev–Trinajstić information content (AvgIpc) is 2.48. The number of nitrogens with zero attached hydrogens (tertiary/aromatic N) is 1. The Labute approximate surface area is 125 Å². The van der Waals surface area contributed by atoms with Crippen LogP contribution in [0.3, 0.4) is 0 Å². The van der Waals surface area contributed by atoms with Crippen molar-refractivity contribution < 1.29 is 14.4 Å². The van der Waals surface area contributed by atoms with Gasteiger partial charge >= 0.3 is 6.03 Å². The van der Waals surface area contributed by atoms with Crippen LogP contribution >= 0.6 is 0 Å². The number of imide groups is 2. The Balaban J connectivity index is 1.56. The summed E-state index contributed by atoms with van der Waals surface area (Å²) in [5.74, 6) is 0.820. The Bertz CT molecular complexity index is 415. The number of urea groups is 1. The quantitative estimate of drug-likeness (QED) is 0.795. The van der Waals surface area contributed by atoms with Crippen LogP contribution in [0.4, 0.5) is 4.79 Å². The highest BCUT2D eigenvalue weighted by Gasteiger charge is 2.38. The molecule has 21 heavy (non-hydrogen) atoms. The number of hydrogen-bond donors (Lipinski definition) is 1. The van der Waals surface area contributed by atoms with Gasteiger partial charge in [0.15, 0.2) is 0 Å². The van der Waals surface area contributed by atoms with Gasteiger partial charge in [-0.3, -0.25) is 19.8 Å². The zero-order chi connectivity index (χ0) is 14.8. The number of barbiturate groups is 1. The molecule has 0 aromatic heterocycles. The van der Waals surface area contributed by atoms with Gasteiger partial charge in [-0.1, -0.05) is 32.1 Å². The first kappa shape index (κ1) is 14.5. The molecular formula is C16H24N2O3. The smallest absolute Gasteiger partial charge is 0.277 e. The Morgan fingerprint density at radius 3 is 2.05 bits per heavy atom. The van der Waals surface area contributed by atoms with E-state index in [0.29, 0.717) is 0 Å². The van der Waals surface area contributed by atoms with Crippen LogP contribution in [0, 0.1) is 11.8 Å². The van der Waals surface area contributed by atoms with Crippen LogP contribution in [-0.4, -0.2) is 28.8 Å². The minimum atomic E-state index is -0.516. The first-order chi connectivity index (χ1) is 10.1. The number of carbonyl (C=O) groups is 3. The molecule has 0 atom stereocenters. The highest BCUT2D eigenvalue weighted by molar-refractivity contribution is 6.14. The fourth-order valence-corrected chi connectivity index (χ4v) is 4.37. The molecule has 0 aromatic carbocycles. The van der Waals surface area contributed by atoms with Crippen LogP contribution in [0.1, 0.15) is 64.2 Å². The van der Waals surface area contributed by atoms with E-state index in [-0.39, 0.29) is 18.4 Å². The standard InChI is InChI=1S/C16H24N2O3/c19-14-10-15(20)18(16(21)17-14)13-8-6-12(7-9-13)11-4-2-1-3-5-11/h11-13H,1-10H2,(H,17,19,21). The first-order valence-electron chi connectivity index (χ1n) is 8.31. The maximum absolute atomic E-state index is 11.9. The maximum Gasteiger partial charge on any atom is 0.331 e. The molecule has 0 unspecified atom stereocenters. The van der Waals surface area contributed by atoms with Gasteiger partial charge in [0.2, 0.25) is 11.8 Å². The fraction of sp³-hybridized carbons (Fsp3) is 0.812. The number of nitrogens with one attached hydrogen (secondary N) is 1. The molecule has 1 aliphatic heterocycles. The minimum absolute atomic E-state index is 0.00885. The largest absolute Gasteiger partial charge is 0.331 e. The molecule has 116 valence electrons. The Kier molecular flexibility index (Phi) is 4.27. The molecule has 4 amide bonds. The normalized spacial score (nSPS) is 32.2. The van der Waals surface area contributed by atoms with Crippen molar-refractivity contribution in [1.82, 2.24) is 10.2 Å². The van der Waals surface area contributed by atoms with E-state index in [1.807, 2.05) is 0 Å². The van der Waals surface area contributed by atoms with Gasteiger partial charge in [-0.25, -0.2) is 4.79 Å². The summed E-state index contributed by atoms with van der Waals surface area (Å²) in [4.78, 5) is 36.3. The van der Waals surface area contributed by atoms with E-state index in [2.05, 4.69) is 5.32 Å². The van der Waals surface area contributed by atoms with E-state index < -0.39 is 11.9 Å². The van der Waals surface area contributed by atoms with Gasteiger partial charge in [0.05, 0.1) is 0 Å². The van der Waals surface area contributed by atoms with Crippen molar-refractivity contribution >= 4 is 17.8 Å². The number of hydrogen-bond acceptors (Lipinski definition) is 3. The van der Waals surface area contributed by atoms with Crippen molar-refractivity contribution in [3.8, 4) is 0 Å². The van der Waals surface area contributed by atoms with Crippen molar-refractivity contribution in [3.63, 3.8) is 0 Å². The first-order valence-corrected chi connectivity index (χ1v) is 8.31. The minimum Gasteiger partial charge on any atom is -0.277 e. The summed E-state index contributed by atoms with van der Waals surface area (Å²) in [5.41, 5.74) is 0. The predicted octanol–water partition coefficient (Wildman–Crippen LogP) is 2.59. The van der Waals surface area contributed by atoms with E-state index in [9.17, 15) is 14.4 Å². The third-order valence-electron chi connectivity index (χ3n) is 5.47. The number of amides is 4. The molecule has 5 heteroatoms. The molecule has 3 rings (SSSR count). The molecule has 1 heterocycles. The molecule has 3 fully saturated rings. The van der Waals surface area contributed by atoms with Crippen molar-refractivity contribution in [2.45, 2.75) is 70.3 Å². The summed E-state index contributed by atoms with van der Waals surface area (Å²) in [6.45, 7) is 0. The van der Waals surface area contributed by atoms with Crippen LogP contribution < -0.4 is 5.32 Å². The van der Waals surface area contributed by atoms with Crippen LogP contribution in [0.5, 0.6) is 0 Å². The summed E-state index contributed by atoms with van der Waals surface area (Å²) >= 11 is 0. The summed E-state index contributed by atoms with van der Waals surface area (Å²) < 4.78 is 0. The summed E-state index contributed by atoms with van der Waals surface area (Å²) in [7, 11) is 0. The second-order valence-electron chi connectivity index (χ2n) is 6.76. The predicted molar refractivity (Wildman–Crippen MR) is 77.3 cm³/mol. The maximum atomic E-state index is 11.9. The Morgan fingerprint density at radius 1 is 0.810 bits per heavy atom. The SMILES string of the molecule is O=C1CC(=O)N(C2CCC(C3CCCCC3)CC2)C(=O)N1. The lowest BCUT2D eigenvalue weighted by molar-refractivity contribution is -0.138. The Hall–Kier alpha value is -1.39. The number of rotatable bonds is 2. The number of carbonyl (C=O) groups excluding carboxylic acids is 3. The van der Waals surface area contributed by atoms with Gasteiger partial charge in [-0.05, 0) is 37.5 Å². The molecule has 2 saturated carbocycles. The zero-order valence-electron chi connectivity index (χ0n) is 12.5. The van der Waals surface area contributed by atoms with Gasteiger partial charge in [0.25, 0.3) is 0 Å². The molecule has 3 aliphatic rings. The molecular weight excluding hydrogens is 268 g/mol. The van der Waals surface area contributed by atoms with E-state index in [1.54, 1.807) is 0 Å². The molecule has 0 aromatic rings. The topological polar surface area (TPSA) is 66.5 Å². The van der Waals surface area contributed by atoms with E-state index in [0.717, 1.165) is 37.5 Å². The second-order valence-corrected chi connectivity index (χ2v) is 6.76. The third kappa shape index (κ3) is 3.11. The molecule has 1 saturated heterocycles. The molecule has 0 spiro atoms. The lowest BCUT2D eigenvalue weighted by atomic mass is 9.72. The van der Waals surface area contributed by atoms with Crippen LogP contribution in [-0.2, 0) is 9.59 Å². The van der Waals surface area contributed by atoms with E-state index in [1.165, 1.54) is 37.0 Å². The zero-order valence-corrected chi connectivity index (χ0v) is 12.5. The van der Waals surface area contributed by atoms with Crippen LogP contribution in [0.25, 0.3) is 0 Å². The molecule has 2 aliphatic carbocycles. The molecule has 0 radical (unpaired) electrons. The lowest BCUT2D eigenvalue weighted by Crippen LogP contribution is -2.57. The molecule has 1 N–H and O–H groups in total. The Morgan fingerprint density at radius 2 is 1.43 bits per heavy atom. The van der Waals surface area contributed by atoms with Crippen molar-refractivity contribution in [1.29, 1.82) is 0 Å². The van der Waals surface area contributed by atoms with Crippen molar-refractivity contribution in [3.05, 3.63) is 0 Å². The average molecular weight is 292 g/mol. The molecule has 5 nitrogen and oxygen atoms in total. The van der Waals surface area contributed by atoms with Gasteiger partial charge in [0, 0.05) is 6.04 Å². The highest BCUT2D eigenvalue weighted by atomic mass is 16.2. The van der Waals surface area contributed by atoms with Gasteiger partial charge in [-0.15, -0.1) is 0 Å². The van der Waals surface area contributed by atoms with Gasteiger partial charge < -0.3 is 0 Å². The van der Waals surface area contributed by atoms with Crippen LogP contribution in [0.15, 0.2) is 0 Å². The second kappa shape index (κ2) is 6.16. The van der Waals surface area contributed by atoms with Crippen LogP contribution in [0.2, 0.25) is 0 Å². The summed E-state index contributed by atoms with van der Waals surface area (Å²) in [6, 6.07) is -0.525. The molecule has 0 bridgehead atoms. The summed E-state index contributed by atoms with van der Waals surface area (Å²) in [6.07, 6.45) is 10.6. The van der Waals surface area contributed by atoms with Crippen molar-refractivity contribution in [2.75, 3.05) is 0 Å². The lowest BCUT2D eigenvalue weighted by Gasteiger charge is -2.40. The fourth-order valence-electron chi connectivity index (χ4n) is 4.37. The summed E-state index contributed by atoms with van der Waals surface area (Å²) in [5, 5.41) is 2.26. The van der Waals surface area contributed by atoms with E-state index >= 15 is 0 Å².